The molecule has 16 heavy (non-hydrogen) atoms. The molecule has 0 saturated heterocycles. The van der Waals surface area contributed by atoms with Crippen molar-refractivity contribution in [3.05, 3.63) is 32.8 Å². The van der Waals surface area contributed by atoms with Crippen molar-refractivity contribution in [3.63, 3.8) is 0 Å². The molecule has 3 nitrogen and oxygen atoms in total. The Morgan fingerprint density at radius 1 is 1.44 bits per heavy atom. The van der Waals surface area contributed by atoms with E-state index >= 15 is 0 Å². The molecule has 0 saturated carbocycles. The molecule has 0 heterocycles. The van der Waals surface area contributed by atoms with Gasteiger partial charge in [0, 0.05) is 16.5 Å². The van der Waals surface area contributed by atoms with Crippen molar-refractivity contribution in [2.75, 3.05) is 0 Å². The van der Waals surface area contributed by atoms with Crippen molar-refractivity contribution in [1.82, 2.24) is 0 Å². The molecule has 0 radical (unpaired) electrons. The minimum atomic E-state index is -4.52. The Hall–Kier alpha value is -0.950. The fraction of sp³-hybridized carbons (Fsp3) is 0.250. The molecule has 0 aliphatic heterocycles. The van der Waals surface area contributed by atoms with Gasteiger partial charge < -0.3 is 0 Å². The third-order valence-electron chi connectivity index (χ3n) is 1.74. The number of nitro groups is 1. The van der Waals surface area contributed by atoms with Gasteiger partial charge in [-0.05, 0) is 24.8 Å². The summed E-state index contributed by atoms with van der Waals surface area (Å²) in [6.45, 7) is 1.23. The van der Waals surface area contributed by atoms with Gasteiger partial charge in [-0.3, -0.25) is 10.1 Å². The van der Waals surface area contributed by atoms with Crippen LogP contribution in [0.4, 0.5) is 18.9 Å². The fourth-order valence-corrected chi connectivity index (χ4v) is 2.06. The predicted molar refractivity (Wildman–Crippen MR) is 54.8 cm³/mol. The minimum absolute atomic E-state index is 0.0835. The Morgan fingerprint density at radius 3 is 2.44 bits per heavy atom. The van der Waals surface area contributed by atoms with Crippen molar-refractivity contribution in [1.29, 1.82) is 0 Å². The number of benzene rings is 1. The van der Waals surface area contributed by atoms with E-state index < -0.39 is 22.2 Å². The third-order valence-corrected chi connectivity index (χ3v) is 3.13. The van der Waals surface area contributed by atoms with E-state index in [2.05, 4.69) is 0 Å². The van der Waals surface area contributed by atoms with Crippen LogP contribution < -0.4 is 0 Å². The normalized spacial score (nSPS) is 11.6. The van der Waals surface area contributed by atoms with Gasteiger partial charge in [-0.15, -0.1) is 0 Å². The van der Waals surface area contributed by atoms with Crippen LogP contribution in [0, 0.1) is 17.0 Å². The van der Waals surface area contributed by atoms with Crippen LogP contribution in [0.2, 0.25) is 5.02 Å². The highest BCUT2D eigenvalue weighted by Gasteiger charge is 2.32. The largest absolute Gasteiger partial charge is 0.446 e. The lowest BCUT2D eigenvalue weighted by Gasteiger charge is -2.10. The average Bonchev–Trinajstić information content (AvgIpc) is 2.10. The Morgan fingerprint density at radius 2 is 2.00 bits per heavy atom. The summed E-state index contributed by atoms with van der Waals surface area (Å²) in [4.78, 5) is 9.45. The molecule has 88 valence electrons. The van der Waals surface area contributed by atoms with Crippen LogP contribution in [0.1, 0.15) is 5.56 Å². The molecule has 0 unspecified atom stereocenters. The van der Waals surface area contributed by atoms with Crippen LogP contribution in [0.5, 0.6) is 0 Å². The second-order valence-corrected chi connectivity index (χ2v) is 4.31. The first-order chi connectivity index (χ1) is 7.22. The van der Waals surface area contributed by atoms with Gasteiger partial charge in [0.1, 0.15) is 0 Å². The van der Waals surface area contributed by atoms with E-state index in [4.69, 9.17) is 11.6 Å². The maximum atomic E-state index is 12.2. The summed E-state index contributed by atoms with van der Waals surface area (Å²) in [5.74, 6) is 0. The maximum Gasteiger partial charge on any atom is 0.446 e. The molecule has 0 spiro atoms. The monoisotopic (exact) mass is 271 g/mol. The van der Waals surface area contributed by atoms with Crippen LogP contribution in [-0.4, -0.2) is 10.4 Å². The fourth-order valence-electron chi connectivity index (χ4n) is 1.09. The topological polar surface area (TPSA) is 43.1 Å². The molecular formula is C8H5ClF3NO2S. The first-order valence-electron chi connectivity index (χ1n) is 3.91. The first kappa shape index (κ1) is 13.1. The number of hydrogen-bond acceptors (Lipinski definition) is 3. The quantitative estimate of drug-likeness (QED) is 0.461. The molecule has 0 amide bonds. The molecule has 1 aromatic carbocycles. The van der Waals surface area contributed by atoms with Crippen molar-refractivity contribution in [3.8, 4) is 0 Å². The average molecular weight is 272 g/mol. The van der Waals surface area contributed by atoms with Gasteiger partial charge in [0.15, 0.2) is 0 Å². The van der Waals surface area contributed by atoms with E-state index in [9.17, 15) is 23.3 Å². The Balaban J connectivity index is 3.27. The first-order valence-corrected chi connectivity index (χ1v) is 5.11. The molecule has 0 atom stereocenters. The van der Waals surface area contributed by atoms with Crippen LogP contribution in [0.15, 0.2) is 17.0 Å². The van der Waals surface area contributed by atoms with Crippen LogP contribution >= 0.6 is 23.4 Å². The standard InChI is InChI=1S/C8H5ClF3NO2S/c1-4-6(13(14)15)3-2-5(9)7(4)16-8(10,11)12/h2-3H,1H3. The molecule has 0 aliphatic rings. The summed E-state index contributed by atoms with van der Waals surface area (Å²) < 4.78 is 36.5. The van der Waals surface area contributed by atoms with E-state index in [1.165, 1.54) is 6.92 Å². The van der Waals surface area contributed by atoms with E-state index in [1.54, 1.807) is 0 Å². The second-order valence-electron chi connectivity index (χ2n) is 2.83. The Labute approximate surface area is 97.7 Å². The summed E-state index contributed by atoms with van der Waals surface area (Å²) in [6, 6.07) is 2.17. The summed E-state index contributed by atoms with van der Waals surface area (Å²) in [5.41, 5.74) is -4.99. The van der Waals surface area contributed by atoms with Gasteiger partial charge in [-0.2, -0.15) is 13.2 Å². The predicted octanol–water partition coefficient (Wildman–Crippen LogP) is 4.17. The highest BCUT2D eigenvalue weighted by Crippen LogP contribution is 2.44. The Kier molecular flexibility index (Phi) is 3.69. The van der Waals surface area contributed by atoms with E-state index in [1.807, 2.05) is 0 Å². The Bertz CT molecular complexity index is 436. The second kappa shape index (κ2) is 4.50. The lowest BCUT2D eigenvalue weighted by molar-refractivity contribution is -0.385. The number of nitrogens with zero attached hydrogens (tertiary/aromatic N) is 1. The summed E-state index contributed by atoms with van der Waals surface area (Å²) in [7, 11) is 0. The van der Waals surface area contributed by atoms with Crippen molar-refractivity contribution >= 4 is 29.1 Å². The van der Waals surface area contributed by atoms with Gasteiger partial charge in [-0.1, -0.05) is 11.6 Å². The van der Waals surface area contributed by atoms with Crippen molar-refractivity contribution in [2.24, 2.45) is 0 Å². The molecule has 8 heteroatoms. The molecular weight excluding hydrogens is 267 g/mol. The van der Waals surface area contributed by atoms with E-state index in [0.717, 1.165) is 12.1 Å². The van der Waals surface area contributed by atoms with Crippen LogP contribution in [0.25, 0.3) is 0 Å². The maximum absolute atomic E-state index is 12.2. The molecule has 0 bridgehead atoms. The van der Waals surface area contributed by atoms with Gasteiger partial charge >= 0.3 is 5.51 Å². The smallest absolute Gasteiger partial charge is 0.258 e. The molecule has 0 aromatic heterocycles. The van der Waals surface area contributed by atoms with Crippen molar-refractivity contribution in [2.45, 2.75) is 17.3 Å². The number of thioether (sulfide) groups is 1. The van der Waals surface area contributed by atoms with E-state index in [-0.39, 0.29) is 21.2 Å². The molecule has 0 aliphatic carbocycles. The van der Waals surface area contributed by atoms with Gasteiger partial charge in [-0.25, -0.2) is 0 Å². The molecule has 0 fully saturated rings. The summed E-state index contributed by atoms with van der Waals surface area (Å²) >= 11 is 5.12. The third kappa shape index (κ3) is 3.02. The number of hydrogen-bond donors (Lipinski definition) is 0. The number of nitro benzene ring substituents is 1. The number of rotatable bonds is 2. The zero-order valence-corrected chi connectivity index (χ0v) is 9.41. The highest BCUT2D eigenvalue weighted by atomic mass is 35.5. The lowest BCUT2D eigenvalue weighted by Crippen LogP contribution is -2.02. The van der Waals surface area contributed by atoms with Crippen LogP contribution in [-0.2, 0) is 0 Å². The summed E-state index contributed by atoms with van der Waals surface area (Å²) in [6.07, 6.45) is 0. The van der Waals surface area contributed by atoms with Crippen LogP contribution in [0.3, 0.4) is 0 Å². The highest BCUT2D eigenvalue weighted by molar-refractivity contribution is 8.00. The molecule has 1 aromatic rings. The van der Waals surface area contributed by atoms with Gasteiger partial charge in [0.25, 0.3) is 5.69 Å². The zero-order valence-electron chi connectivity index (χ0n) is 7.84. The lowest BCUT2D eigenvalue weighted by atomic mass is 10.2. The van der Waals surface area contributed by atoms with Gasteiger partial charge in [0.2, 0.25) is 0 Å². The zero-order chi connectivity index (χ0) is 12.5. The summed E-state index contributed by atoms with van der Waals surface area (Å²) in [5, 5.41) is 10.4. The van der Waals surface area contributed by atoms with E-state index in [0.29, 0.717) is 0 Å². The van der Waals surface area contributed by atoms with Gasteiger partial charge in [0.05, 0.1) is 9.95 Å². The SMILES string of the molecule is Cc1c([N+](=O)[O-])ccc(Cl)c1SC(F)(F)F. The number of halogens is 4. The minimum Gasteiger partial charge on any atom is -0.258 e. The molecule has 1 rings (SSSR count). The molecule has 0 N–H and O–H groups in total. The van der Waals surface area contributed by atoms with Crippen molar-refractivity contribution < 1.29 is 18.1 Å². The number of alkyl halides is 3.